The number of rotatable bonds is 2. The lowest BCUT2D eigenvalue weighted by molar-refractivity contribution is 0.557. The predicted octanol–water partition coefficient (Wildman–Crippen LogP) is 3.51. The maximum atomic E-state index is 6.55. The Hall–Kier alpha value is -0.990. The number of halogens is 1. The van der Waals surface area contributed by atoms with Gasteiger partial charge in [-0.1, -0.05) is 17.7 Å². The normalized spacial score (nSPS) is 19.5. The second-order valence-corrected chi connectivity index (χ2v) is 5.66. The molecular formula is C14H17ClN2. The number of fused-ring (bicyclic) bond motifs is 1. The third kappa shape index (κ3) is 1.51. The van der Waals surface area contributed by atoms with E-state index in [0.29, 0.717) is 0 Å². The van der Waals surface area contributed by atoms with Gasteiger partial charge >= 0.3 is 0 Å². The van der Waals surface area contributed by atoms with Crippen LogP contribution < -0.4 is 5.73 Å². The van der Waals surface area contributed by atoms with Crippen molar-refractivity contribution in [3.8, 4) is 0 Å². The summed E-state index contributed by atoms with van der Waals surface area (Å²) in [4.78, 5) is 3.31. The van der Waals surface area contributed by atoms with Gasteiger partial charge in [0.05, 0.1) is 5.02 Å². The van der Waals surface area contributed by atoms with Crippen LogP contribution in [0.15, 0.2) is 18.2 Å². The molecule has 0 bridgehead atoms. The van der Waals surface area contributed by atoms with Gasteiger partial charge < -0.3 is 10.7 Å². The summed E-state index contributed by atoms with van der Waals surface area (Å²) in [6.45, 7) is 4.13. The molecule has 3 heteroatoms. The summed E-state index contributed by atoms with van der Waals surface area (Å²) in [5.74, 6) is 0. The lowest BCUT2D eigenvalue weighted by Gasteiger charge is -2.21. The largest absolute Gasteiger partial charge is 0.359 e. The minimum Gasteiger partial charge on any atom is -0.359 e. The predicted molar refractivity (Wildman–Crippen MR) is 72.6 cm³/mol. The van der Waals surface area contributed by atoms with Crippen LogP contribution >= 0.6 is 11.6 Å². The van der Waals surface area contributed by atoms with Gasteiger partial charge in [-0.05, 0) is 44.4 Å². The van der Waals surface area contributed by atoms with Gasteiger partial charge in [-0.3, -0.25) is 0 Å². The third-order valence-electron chi connectivity index (χ3n) is 4.07. The first-order valence-electron chi connectivity index (χ1n) is 6.08. The van der Waals surface area contributed by atoms with Crippen LogP contribution in [0.25, 0.3) is 10.9 Å². The molecule has 1 aliphatic carbocycles. The monoisotopic (exact) mass is 248 g/mol. The summed E-state index contributed by atoms with van der Waals surface area (Å²) in [6.07, 6.45) is 2.30. The topological polar surface area (TPSA) is 41.8 Å². The van der Waals surface area contributed by atoms with E-state index in [1.54, 1.807) is 0 Å². The summed E-state index contributed by atoms with van der Waals surface area (Å²) in [6, 6.07) is 6.53. The number of aromatic amines is 1. The molecule has 3 N–H and O–H groups in total. The van der Waals surface area contributed by atoms with Crippen LogP contribution in [0.3, 0.4) is 0 Å². The molecule has 1 fully saturated rings. The van der Waals surface area contributed by atoms with E-state index in [1.165, 1.54) is 5.56 Å². The molecule has 1 aromatic heterocycles. The first-order chi connectivity index (χ1) is 8.04. The van der Waals surface area contributed by atoms with Crippen molar-refractivity contribution in [3.63, 3.8) is 0 Å². The Kier molecular flexibility index (Phi) is 2.29. The fourth-order valence-corrected chi connectivity index (χ4v) is 3.20. The summed E-state index contributed by atoms with van der Waals surface area (Å²) < 4.78 is 0. The lowest BCUT2D eigenvalue weighted by Crippen LogP contribution is -2.31. The average Bonchev–Trinajstić information content (AvgIpc) is 2.97. The van der Waals surface area contributed by atoms with Crippen LogP contribution in [-0.4, -0.2) is 11.0 Å². The van der Waals surface area contributed by atoms with E-state index in [0.717, 1.165) is 34.5 Å². The number of H-pyrrole nitrogens is 1. The van der Waals surface area contributed by atoms with Gasteiger partial charge in [0, 0.05) is 28.1 Å². The highest BCUT2D eigenvalue weighted by atomic mass is 35.5. The number of benzene rings is 1. The second kappa shape index (κ2) is 3.50. The molecular weight excluding hydrogens is 232 g/mol. The molecule has 17 heavy (non-hydrogen) atoms. The quantitative estimate of drug-likeness (QED) is 0.839. The molecule has 2 aromatic rings. The Bertz CT molecular complexity index is 579. The molecule has 1 aromatic carbocycles. The van der Waals surface area contributed by atoms with Crippen LogP contribution in [-0.2, 0) is 5.41 Å². The molecule has 1 heterocycles. The van der Waals surface area contributed by atoms with Gasteiger partial charge in [-0.25, -0.2) is 0 Å². The highest BCUT2D eigenvalue weighted by Gasteiger charge is 2.48. The molecule has 0 aliphatic heterocycles. The molecule has 0 amide bonds. The molecule has 90 valence electrons. The van der Waals surface area contributed by atoms with E-state index in [4.69, 9.17) is 17.3 Å². The van der Waals surface area contributed by atoms with Crippen molar-refractivity contribution < 1.29 is 0 Å². The zero-order chi connectivity index (χ0) is 12.2. The van der Waals surface area contributed by atoms with Crippen LogP contribution in [0, 0.1) is 6.92 Å². The van der Waals surface area contributed by atoms with Gasteiger partial charge in [0.25, 0.3) is 0 Å². The van der Waals surface area contributed by atoms with Crippen molar-refractivity contribution in [2.45, 2.75) is 38.1 Å². The van der Waals surface area contributed by atoms with Gasteiger partial charge in [0.1, 0.15) is 0 Å². The molecule has 1 aliphatic rings. The SMILES string of the molecule is Cc1cc2c(Cl)c(C3(C(C)N)CC3)ccc2[nH]1. The minimum absolute atomic E-state index is 0.121. The highest BCUT2D eigenvalue weighted by Crippen LogP contribution is 2.53. The highest BCUT2D eigenvalue weighted by molar-refractivity contribution is 6.36. The Balaban J connectivity index is 2.21. The first-order valence-corrected chi connectivity index (χ1v) is 6.46. The van der Waals surface area contributed by atoms with Crippen LogP contribution in [0.1, 0.15) is 31.0 Å². The first kappa shape index (κ1) is 11.1. The van der Waals surface area contributed by atoms with Crippen molar-refractivity contribution in [2.75, 3.05) is 0 Å². The van der Waals surface area contributed by atoms with Gasteiger partial charge in [-0.15, -0.1) is 0 Å². The number of aromatic nitrogens is 1. The molecule has 1 atom stereocenters. The Morgan fingerprint density at radius 1 is 1.41 bits per heavy atom. The fraction of sp³-hybridized carbons (Fsp3) is 0.429. The zero-order valence-corrected chi connectivity index (χ0v) is 10.9. The van der Waals surface area contributed by atoms with Gasteiger partial charge in [-0.2, -0.15) is 0 Å². The van der Waals surface area contributed by atoms with Crippen molar-refractivity contribution in [2.24, 2.45) is 5.73 Å². The molecule has 0 spiro atoms. The van der Waals surface area contributed by atoms with E-state index in [2.05, 4.69) is 37.0 Å². The van der Waals surface area contributed by atoms with E-state index in [1.807, 2.05) is 0 Å². The number of nitrogens with two attached hydrogens (primary N) is 1. The lowest BCUT2D eigenvalue weighted by atomic mass is 9.89. The number of aryl methyl sites for hydroxylation is 1. The Labute approximate surface area is 106 Å². The summed E-state index contributed by atoms with van der Waals surface area (Å²) in [7, 11) is 0. The molecule has 1 saturated carbocycles. The molecule has 0 saturated heterocycles. The maximum Gasteiger partial charge on any atom is 0.0538 e. The van der Waals surface area contributed by atoms with Crippen molar-refractivity contribution >= 4 is 22.5 Å². The summed E-state index contributed by atoms with van der Waals surface area (Å²) in [5, 5.41) is 2.00. The standard InChI is InChI=1S/C14H17ClN2/c1-8-7-10-12(17-8)4-3-11(13(10)15)14(5-6-14)9(2)16/h3-4,7,9,17H,5-6,16H2,1-2H3. The molecule has 0 radical (unpaired) electrons. The van der Waals surface area contributed by atoms with Gasteiger partial charge in [0.2, 0.25) is 0 Å². The summed E-state index contributed by atoms with van der Waals surface area (Å²) in [5.41, 5.74) is 9.71. The number of hydrogen-bond acceptors (Lipinski definition) is 1. The second-order valence-electron chi connectivity index (χ2n) is 5.29. The molecule has 2 nitrogen and oxygen atoms in total. The van der Waals surface area contributed by atoms with Crippen molar-refractivity contribution in [3.05, 3.63) is 34.5 Å². The van der Waals surface area contributed by atoms with Crippen LogP contribution in [0.5, 0.6) is 0 Å². The van der Waals surface area contributed by atoms with E-state index in [9.17, 15) is 0 Å². The van der Waals surface area contributed by atoms with E-state index >= 15 is 0 Å². The third-order valence-corrected chi connectivity index (χ3v) is 4.48. The Morgan fingerprint density at radius 2 is 2.12 bits per heavy atom. The zero-order valence-electron chi connectivity index (χ0n) is 10.2. The average molecular weight is 249 g/mol. The molecule has 1 unspecified atom stereocenters. The number of hydrogen-bond donors (Lipinski definition) is 2. The molecule has 3 rings (SSSR count). The van der Waals surface area contributed by atoms with E-state index in [-0.39, 0.29) is 11.5 Å². The van der Waals surface area contributed by atoms with Gasteiger partial charge in [0.15, 0.2) is 0 Å². The van der Waals surface area contributed by atoms with Crippen LogP contribution in [0.2, 0.25) is 5.02 Å². The van der Waals surface area contributed by atoms with Crippen molar-refractivity contribution in [1.29, 1.82) is 0 Å². The smallest absolute Gasteiger partial charge is 0.0538 e. The van der Waals surface area contributed by atoms with E-state index < -0.39 is 0 Å². The Morgan fingerprint density at radius 3 is 2.71 bits per heavy atom. The van der Waals surface area contributed by atoms with Crippen molar-refractivity contribution in [1.82, 2.24) is 4.98 Å². The summed E-state index contributed by atoms with van der Waals surface area (Å²) >= 11 is 6.55. The minimum atomic E-state index is 0.121. The maximum absolute atomic E-state index is 6.55. The number of nitrogens with one attached hydrogen (secondary N) is 1. The van der Waals surface area contributed by atoms with Crippen LogP contribution in [0.4, 0.5) is 0 Å². The fourth-order valence-electron chi connectivity index (χ4n) is 2.80.